The predicted molar refractivity (Wildman–Crippen MR) is 91.8 cm³/mol. The van der Waals surface area contributed by atoms with Crippen LogP contribution in [0.2, 0.25) is 0 Å². The Morgan fingerprint density at radius 1 is 0.833 bits per heavy atom. The smallest absolute Gasteiger partial charge is 0.133 e. The third-order valence-electron chi connectivity index (χ3n) is 2.65. The minimum Gasteiger partial charge on any atom is -0.358 e. The summed E-state index contributed by atoms with van der Waals surface area (Å²) in [5.41, 5.74) is 0. The van der Waals surface area contributed by atoms with Gasteiger partial charge in [-0.15, -0.1) is 12.6 Å². The highest BCUT2D eigenvalue weighted by Gasteiger charge is 1.98. The summed E-state index contributed by atoms with van der Waals surface area (Å²) in [5, 5.41) is 0. The van der Waals surface area contributed by atoms with Crippen LogP contribution >= 0.6 is 24.8 Å². The molecule has 0 bridgehead atoms. The number of thiol groups is 1. The number of rotatable bonds is 8. The van der Waals surface area contributed by atoms with Gasteiger partial charge in [0, 0.05) is 13.1 Å². The molecule has 110 valence electrons. The largest absolute Gasteiger partial charge is 0.358 e. The number of nitrogens with zero attached hydrogens (tertiary/aromatic N) is 2. The van der Waals surface area contributed by atoms with Crippen LogP contribution in [-0.4, -0.2) is 46.8 Å². The molecular formula is C14H32N2S2. The fraction of sp³-hybridized carbons (Fsp3) is 0.929. The molecule has 0 spiro atoms. The second-order valence-electron chi connectivity index (χ2n) is 4.30. The maximum absolute atomic E-state index is 4.81. The lowest BCUT2D eigenvalue weighted by Gasteiger charge is -2.19. The molecule has 0 rings (SSSR count). The molecule has 0 aliphatic rings. The Kier molecular flexibility index (Phi) is 17.4. The van der Waals surface area contributed by atoms with Gasteiger partial charge in [-0.2, -0.15) is 0 Å². The van der Waals surface area contributed by atoms with Gasteiger partial charge >= 0.3 is 0 Å². The average molecular weight is 293 g/mol. The Morgan fingerprint density at radius 3 is 1.28 bits per heavy atom. The van der Waals surface area contributed by atoms with Crippen molar-refractivity contribution in [1.82, 2.24) is 9.80 Å². The highest BCUT2D eigenvalue weighted by Crippen LogP contribution is 1.95. The van der Waals surface area contributed by atoms with Crippen molar-refractivity contribution in [1.29, 1.82) is 0 Å². The topological polar surface area (TPSA) is 6.48 Å². The summed E-state index contributed by atoms with van der Waals surface area (Å²) in [7, 11) is 0. The van der Waals surface area contributed by atoms with Crippen molar-refractivity contribution in [3.8, 4) is 0 Å². The van der Waals surface area contributed by atoms with Crippen molar-refractivity contribution in [3.63, 3.8) is 0 Å². The lowest BCUT2D eigenvalue weighted by molar-refractivity contribution is 0.275. The first kappa shape index (κ1) is 20.5. The van der Waals surface area contributed by atoms with E-state index in [4.69, 9.17) is 12.2 Å². The molecule has 0 N–H and O–H groups in total. The van der Waals surface area contributed by atoms with Crippen LogP contribution in [0.4, 0.5) is 0 Å². The zero-order chi connectivity index (χ0) is 14.4. The van der Waals surface area contributed by atoms with E-state index in [1.165, 1.54) is 38.9 Å². The van der Waals surface area contributed by atoms with Gasteiger partial charge in [-0.25, -0.2) is 0 Å². The molecule has 0 aliphatic carbocycles. The monoisotopic (exact) mass is 292 g/mol. The van der Waals surface area contributed by atoms with Crippen LogP contribution in [0.3, 0.4) is 0 Å². The molecule has 0 atom stereocenters. The maximum Gasteiger partial charge on any atom is 0.133 e. The summed E-state index contributed by atoms with van der Waals surface area (Å²) in [4.78, 5) is 4.55. The summed E-state index contributed by atoms with van der Waals surface area (Å²) in [5.74, 6) is 0. The highest BCUT2D eigenvalue weighted by atomic mass is 32.1. The molecule has 0 unspecified atom stereocenters. The molecule has 0 radical (unpaired) electrons. The summed E-state index contributed by atoms with van der Waals surface area (Å²) >= 11 is 8.82. The minimum absolute atomic E-state index is 0.690. The van der Waals surface area contributed by atoms with Crippen molar-refractivity contribution in [2.45, 2.75) is 53.9 Å². The van der Waals surface area contributed by atoms with E-state index >= 15 is 0 Å². The minimum atomic E-state index is 0.690. The van der Waals surface area contributed by atoms with E-state index in [2.05, 4.69) is 52.1 Å². The fourth-order valence-corrected chi connectivity index (χ4v) is 2.32. The molecular weight excluding hydrogens is 260 g/mol. The Labute approximate surface area is 126 Å². The standard InChI is InChI=1S/C9H21N.C5H11NS2/c1-4-7-10(8-5-2)9-6-3;1-3-6(4-2)5(7)8/h4-9H2,1-3H3;3-4H2,1-2H3,(H,7,8). The van der Waals surface area contributed by atoms with Gasteiger partial charge in [-0.1, -0.05) is 33.0 Å². The molecule has 4 heteroatoms. The number of hydrogen-bond donors (Lipinski definition) is 1. The lowest BCUT2D eigenvalue weighted by atomic mass is 10.3. The summed E-state index contributed by atoms with van der Waals surface area (Å²) in [6, 6.07) is 0. The van der Waals surface area contributed by atoms with Gasteiger partial charge in [0.25, 0.3) is 0 Å². The van der Waals surface area contributed by atoms with Gasteiger partial charge in [0.05, 0.1) is 0 Å². The molecule has 0 fully saturated rings. The van der Waals surface area contributed by atoms with Crippen molar-refractivity contribution in [2.24, 2.45) is 0 Å². The molecule has 0 heterocycles. The molecule has 0 aromatic heterocycles. The van der Waals surface area contributed by atoms with E-state index < -0.39 is 0 Å². The van der Waals surface area contributed by atoms with Crippen molar-refractivity contribution < 1.29 is 0 Å². The van der Waals surface area contributed by atoms with Crippen molar-refractivity contribution >= 4 is 29.2 Å². The third kappa shape index (κ3) is 12.7. The normalized spacial score (nSPS) is 9.94. The lowest BCUT2D eigenvalue weighted by Crippen LogP contribution is -2.25. The number of hydrogen-bond acceptors (Lipinski definition) is 2. The van der Waals surface area contributed by atoms with Crippen LogP contribution in [0, 0.1) is 0 Å². The molecule has 0 aromatic rings. The van der Waals surface area contributed by atoms with Crippen LogP contribution in [0.5, 0.6) is 0 Å². The van der Waals surface area contributed by atoms with E-state index in [1.54, 1.807) is 0 Å². The van der Waals surface area contributed by atoms with E-state index in [0.717, 1.165) is 13.1 Å². The highest BCUT2D eigenvalue weighted by molar-refractivity contribution is 8.10. The fourth-order valence-electron chi connectivity index (χ4n) is 1.78. The molecule has 0 aliphatic heterocycles. The van der Waals surface area contributed by atoms with E-state index in [1.807, 2.05) is 4.90 Å². The summed E-state index contributed by atoms with van der Waals surface area (Å²) in [6.45, 7) is 16.6. The van der Waals surface area contributed by atoms with Crippen molar-refractivity contribution in [2.75, 3.05) is 32.7 Å². The van der Waals surface area contributed by atoms with Gasteiger partial charge in [-0.05, 0) is 52.7 Å². The summed E-state index contributed by atoms with van der Waals surface area (Å²) in [6.07, 6.45) is 3.88. The maximum atomic E-state index is 4.81. The van der Waals surface area contributed by atoms with E-state index in [0.29, 0.717) is 4.32 Å². The molecule has 2 nitrogen and oxygen atoms in total. The molecule has 0 saturated carbocycles. The second-order valence-corrected chi connectivity index (χ2v) is 5.41. The van der Waals surface area contributed by atoms with Crippen molar-refractivity contribution in [3.05, 3.63) is 0 Å². The molecule has 18 heavy (non-hydrogen) atoms. The van der Waals surface area contributed by atoms with Crippen LogP contribution in [0.15, 0.2) is 0 Å². The van der Waals surface area contributed by atoms with Gasteiger partial charge in [0.2, 0.25) is 0 Å². The van der Waals surface area contributed by atoms with Gasteiger partial charge in [0.1, 0.15) is 4.32 Å². The van der Waals surface area contributed by atoms with Gasteiger partial charge < -0.3 is 9.80 Å². The van der Waals surface area contributed by atoms with Crippen LogP contribution in [0.1, 0.15) is 53.9 Å². The molecule has 0 aromatic carbocycles. The van der Waals surface area contributed by atoms with E-state index in [9.17, 15) is 0 Å². The van der Waals surface area contributed by atoms with Gasteiger partial charge in [0.15, 0.2) is 0 Å². The first-order chi connectivity index (χ1) is 8.56. The average Bonchev–Trinajstić information content (AvgIpc) is 2.32. The summed E-state index contributed by atoms with van der Waals surface area (Å²) < 4.78 is 0.690. The second kappa shape index (κ2) is 15.3. The Hall–Kier alpha value is 0.200. The van der Waals surface area contributed by atoms with Crippen LogP contribution in [0.25, 0.3) is 0 Å². The first-order valence-electron chi connectivity index (χ1n) is 7.27. The van der Waals surface area contributed by atoms with Crippen LogP contribution < -0.4 is 0 Å². The van der Waals surface area contributed by atoms with Crippen LogP contribution in [-0.2, 0) is 0 Å². The first-order valence-corrected chi connectivity index (χ1v) is 8.12. The Morgan fingerprint density at radius 2 is 1.17 bits per heavy atom. The SMILES string of the molecule is CCCN(CCC)CCC.CCN(CC)C(=S)S. The predicted octanol–water partition coefficient (Wildman–Crippen LogP) is 4.06. The number of thiocarbonyl (C=S) groups is 1. The Balaban J connectivity index is 0. The molecule has 0 amide bonds. The zero-order valence-electron chi connectivity index (χ0n) is 12.9. The van der Waals surface area contributed by atoms with Gasteiger partial charge in [-0.3, -0.25) is 0 Å². The third-order valence-corrected chi connectivity index (χ3v) is 3.19. The Bertz CT molecular complexity index is 168. The zero-order valence-corrected chi connectivity index (χ0v) is 14.6. The molecule has 0 saturated heterocycles. The quantitative estimate of drug-likeness (QED) is 0.533. The van der Waals surface area contributed by atoms with E-state index in [-0.39, 0.29) is 0 Å².